The van der Waals surface area contributed by atoms with Crippen molar-refractivity contribution in [3.8, 4) is 0 Å². The lowest BCUT2D eigenvalue weighted by Gasteiger charge is -2.10. The van der Waals surface area contributed by atoms with Crippen LogP contribution in [0, 0.1) is 13.8 Å². The number of nitrogens with zero attached hydrogens (tertiary/aromatic N) is 2. The van der Waals surface area contributed by atoms with Crippen LogP contribution >= 0.6 is 11.3 Å². The van der Waals surface area contributed by atoms with Gasteiger partial charge in [0, 0.05) is 37.0 Å². The van der Waals surface area contributed by atoms with Gasteiger partial charge in [-0.05, 0) is 19.9 Å². The predicted molar refractivity (Wildman–Crippen MR) is 82.2 cm³/mol. The van der Waals surface area contributed by atoms with E-state index in [0.29, 0.717) is 6.54 Å². The minimum absolute atomic E-state index is 0.703. The molecule has 0 saturated carbocycles. The average molecular weight is 292 g/mol. The molecule has 0 unspecified atom stereocenters. The van der Waals surface area contributed by atoms with Crippen LogP contribution in [-0.2, 0) is 13.0 Å². The molecule has 0 aromatic carbocycles. The number of nitrogens with one attached hydrogen (secondary N) is 2. The Morgan fingerprint density at radius 2 is 2.25 bits per heavy atom. The zero-order valence-corrected chi connectivity index (χ0v) is 12.9. The van der Waals surface area contributed by atoms with E-state index in [9.17, 15) is 0 Å². The molecule has 2 heterocycles. The molecule has 0 aliphatic heterocycles. The van der Waals surface area contributed by atoms with Gasteiger partial charge >= 0.3 is 0 Å². The van der Waals surface area contributed by atoms with E-state index in [-0.39, 0.29) is 0 Å². The lowest BCUT2D eigenvalue weighted by molar-refractivity contribution is 0.563. The van der Waals surface area contributed by atoms with Crippen LogP contribution in [0.15, 0.2) is 28.0 Å². The van der Waals surface area contributed by atoms with Gasteiger partial charge in [0.25, 0.3) is 0 Å². The summed E-state index contributed by atoms with van der Waals surface area (Å²) >= 11 is 1.76. The van der Waals surface area contributed by atoms with Crippen molar-refractivity contribution in [2.45, 2.75) is 26.8 Å². The summed E-state index contributed by atoms with van der Waals surface area (Å²) in [7, 11) is 1.77. The summed E-state index contributed by atoms with van der Waals surface area (Å²) in [4.78, 5) is 9.97. The van der Waals surface area contributed by atoms with Crippen LogP contribution in [0.25, 0.3) is 0 Å². The number of aromatic nitrogens is 1. The lowest BCUT2D eigenvalue weighted by Crippen LogP contribution is -2.37. The first kappa shape index (κ1) is 14.6. The fraction of sp³-hybridized carbons (Fsp3) is 0.429. The highest BCUT2D eigenvalue weighted by atomic mass is 32.1. The third kappa shape index (κ3) is 4.09. The van der Waals surface area contributed by atoms with Crippen molar-refractivity contribution in [2.75, 3.05) is 13.6 Å². The quantitative estimate of drug-likeness (QED) is 0.655. The number of hydrogen-bond acceptors (Lipinski definition) is 4. The molecule has 0 radical (unpaired) electrons. The van der Waals surface area contributed by atoms with E-state index >= 15 is 0 Å². The van der Waals surface area contributed by atoms with Crippen molar-refractivity contribution in [3.05, 3.63) is 39.7 Å². The van der Waals surface area contributed by atoms with Crippen LogP contribution in [0.5, 0.6) is 0 Å². The average Bonchev–Trinajstić information content (AvgIpc) is 3.04. The second-order valence-corrected chi connectivity index (χ2v) is 5.76. The molecule has 5 nitrogen and oxygen atoms in total. The van der Waals surface area contributed by atoms with Crippen molar-refractivity contribution >= 4 is 17.3 Å². The SMILES string of the molecule is CN=C(NCCc1sc(C)nc1C)NCc1ccoc1. The van der Waals surface area contributed by atoms with Crippen molar-refractivity contribution in [1.29, 1.82) is 0 Å². The van der Waals surface area contributed by atoms with Crippen LogP contribution in [0.3, 0.4) is 0 Å². The Morgan fingerprint density at radius 1 is 1.40 bits per heavy atom. The molecular formula is C14H20N4OS. The number of aryl methyl sites for hydroxylation is 2. The van der Waals surface area contributed by atoms with Gasteiger partial charge in [-0.25, -0.2) is 4.98 Å². The molecule has 2 N–H and O–H groups in total. The molecule has 0 spiro atoms. The minimum atomic E-state index is 0.703. The molecule has 2 aromatic heterocycles. The fourth-order valence-electron chi connectivity index (χ4n) is 1.90. The van der Waals surface area contributed by atoms with E-state index < -0.39 is 0 Å². The van der Waals surface area contributed by atoms with Crippen molar-refractivity contribution in [2.24, 2.45) is 4.99 Å². The molecule has 2 aromatic rings. The number of hydrogen-bond donors (Lipinski definition) is 2. The van der Waals surface area contributed by atoms with Crippen LogP contribution in [0.2, 0.25) is 0 Å². The maximum absolute atomic E-state index is 5.03. The number of rotatable bonds is 5. The van der Waals surface area contributed by atoms with Gasteiger partial charge in [0.05, 0.1) is 23.2 Å². The summed E-state index contributed by atoms with van der Waals surface area (Å²) < 4.78 is 5.03. The molecule has 2 rings (SSSR count). The normalized spacial score (nSPS) is 11.7. The molecule has 0 aliphatic carbocycles. The van der Waals surface area contributed by atoms with Gasteiger partial charge in [0.1, 0.15) is 0 Å². The van der Waals surface area contributed by atoms with Gasteiger partial charge in [-0.2, -0.15) is 0 Å². The summed E-state index contributed by atoms with van der Waals surface area (Å²) in [5.74, 6) is 0.796. The standard InChI is InChI=1S/C14H20N4OS/c1-10-13(20-11(2)18-10)4-6-16-14(15-3)17-8-12-5-7-19-9-12/h5,7,9H,4,6,8H2,1-3H3,(H2,15,16,17). The summed E-state index contributed by atoms with van der Waals surface area (Å²) in [5, 5.41) is 7.67. The molecule has 0 fully saturated rings. The van der Waals surface area contributed by atoms with Gasteiger partial charge in [-0.15, -0.1) is 11.3 Å². The third-order valence-corrected chi connectivity index (χ3v) is 4.04. The van der Waals surface area contributed by atoms with Gasteiger partial charge in [0.15, 0.2) is 5.96 Å². The smallest absolute Gasteiger partial charge is 0.191 e. The molecule has 0 aliphatic rings. The van der Waals surface area contributed by atoms with Gasteiger partial charge in [0.2, 0.25) is 0 Å². The second kappa shape index (κ2) is 7.09. The Bertz CT molecular complexity index is 560. The van der Waals surface area contributed by atoms with E-state index in [0.717, 1.165) is 35.2 Å². The fourth-order valence-corrected chi connectivity index (χ4v) is 2.84. The molecule has 6 heteroatoms. The lowest BCUT2D eigenvalue weighted by atomic mass is 10.3. The molecule has 0 saturated heterocycles. The number of thiazole rings is 1. The maximum Gasteiger partial charge on any atom is 0.191 e. The third-order valence-electron chi connectivity index (χ3n) is 2.91. The molecular weight excluding hydrogens is 272 g/mol. The first-order valence-corrected chi connectivity index (χ1v) is 7.39. The van der Waals surface area contributed by atoms with Crippen molar-refractivity contribution < 1.29 is 4.42 Å². The maximum atomic E-state index is 5.03. The number of guanidine groups is 1. The summed E-state index contributed by atoms with van der Waals surface area (Å²) in [5.41, 5.74) is 2.23. The zero-order chi connectivity index (χ0) is 14.4. The van der Waals surface area contributed by atoms with E-state index in [1.54, 1.807) is 30.9 Å². The van der Waals surface area contributed by atoms with Crippen LogP contribution in [0.1, 0.15) is 21.1 Å². The molecule has 0 amide bonds. The van der Waals surface area contributed by atoms with E-state index in [1.807, 2.05) is 13.0 Å². The van der Waals surface area contributed by atoms with Gasteiger partial charge < -0.3 is 15.1 Å². The Balaban J connectivity index is 1.75. The van der Waals surface area contributed by atoms with Gasteiger partial charge in [-0.3, -0.25) is 4.99 Å². The van der Waals surface area contributed by atoms with Gasteiger partial charge in [-0.1, -0.05) is 0 Å². The van der Waals surface area contributed by atoms with Crippen LogP contribution in [0.4, 0.5) is 0 Å². The summed E-state index contributed by atoms with van der Waals surface area (Å²) in [6.45, 7) is 5.65. The van der Waals surface area contributed by atoms with E-state index in [2.05, 4.69) is 27.5 Å². The largest absolute Gasteiger partial charge is 0.472 e. The monoisotopic (exact) mass is 292 g/mol. The second-order valence-electron chi connectivity index (χ2n) is 4.48. The Kier molecular flexibility index (Phi) is 5.17. The van der Waals surface area contributed by atoms with E-state index in [1.165, 1.54) is 4.88 Å². The molecule has 20 heavy (non-hydrogen) atoms. The molecule has 108 valence electrons. The first-order chi connectivity index (χ1) is 9.69. The zero-order valence-electron chi connectivity index (χ0n) is 12.1. The summed E-state index contributed by atoms with van der Waals surface area (Å²) in [6.07, 6.45) is 4.36. The highest BCUT2D eigenvalue weighted by molar-refractivity contribution is 7.11. The van der Waals surface area contributed by atoms with E-state index in [4.69, 9.17) is 4.42 Å². The topological polar surface area (TPSA) is 62.5 Å². The van der Waals surface area contributed by atoms with Crippen LogP contribution < -0.4 is 10.6 Å². The molecule has 0 atom stereocenters. The number of aliphatic imine (C=N–C) groups is 1. The highest BCUT2D eigenvalue weighted by Gasteiger charge is 2.05. The van der Waals surface area contributed by atoms with Crippen molar-refractivity contribution in [1.82, 2.24) is 15.6 Å². The highest BCUT2D eigenvalue weighted by Crippen LogP contribution is 2.16. The molecule has 0 bridgehead atoms. The van der Waals surface area contributed by atoms with Crippen LogP contribution in [-0.4, -0.2) is 24.5 Å². The van der Waals surface area contributed by atoms with Crippen molar-refractivity contribution in [3.63, 3.8) is 0 Å². The Hall–Kier alpha value is -1.82. The predicted octanol–water partition coefficient (Wildman–Crippen LogP) is 2.26. The first-order valence-electron chi connectivity index (χ1n) is 6.57. The summed E-state index contributed by atoms with van der Waals surface area (Å²) in [6, 6.07) is 1.93. The minimum Gasteiger partial charge on any atom is -0.472 e. The Labute approximate surface area is 123 Å². The number of furan rings is 1. The Morgan fingerprint density at radius 3 is 2.85 bits per heavy atom.